The van der Waals surface area contributed by atoms with Gasteiger partial charge in [-0.2, -0.15) is 5.10 Å². The number of aromatic nitrogens is 2. The third kappa shape index (κ3) is 2.01. The van der Waals surface area contributed by atoms with E-state index in [0.29, 0.717) is 11.5 Å². The second-order valence-electron chi connectivity index (χ2n) is 4.63. The van der Waals surface area contributed by atoms with E-state index < -0.39 is 0 Å². The van der Waals surface area contributed by atoms with Gasteiger partial charge in [-0.15, -0.1) is 0 Å². The fourth-order valence-corrected chi connectivity index (χ4v) is 2.49. The topological polar surface area (TPSA) is 49.0 Å². The van der Waals surface area contributed by atoms with E-state index in [2.05, 4.69) is 34.5 Å². The number of nitrogens with zero attached hydrogens (tertiary/aromatic N) is 2. The van der Waals surface area contributed by atoms with E-state index in [9.17, 15) is 4.79 Å². The fraction of sp³-hybridized carbons (Fsp3) is 0.286. The number of aromatic amines is 1. The van der Waals surface area contributed by atoms with Crippen molar-refractivity contribution in [2.24, 2.45) is 0 Å². The number of hydrogen-bond acceptors (Lipinski definition) is 2. The van der Waals surface area contributed by atoms with Gasteiger partial charge < -0.3 is 4.90 Å². The van der Waals surface area contributed by atoms with Gasteiger partial charge in [-0.1, -0.05) is 30.3 Å². The molecule has 4 nitrogen and oxygen atoms in total. The summed E-state index contributed by atoms with van der Waals surface area (Å²) in [7, 11) is 0. The van der Waals surface area contributed by atoms with E-state index in [1.165, 1.54) is 5.56 Å². The van der Waals surface area contributed by atoms with Crippen molar-refractivity contribution in [2.45, 2.75) is 12.3 Å². The largest absolute Gasteiger partial charge is 0.338 e. The molecule has 1 aromatic carbocycles. The molecule has 0 aliphatic carbocycles. The molecule has 0 radical (unpaired) electrons. The molecule has 1 aromatic heterocycles. The molecule has 92 valence electrons. The van der Waals surface area contributed by atoms with Crippen molar-refractivity contribution in [3.05, 3.63) is 53.9 Å². The zero-order valence-corrected chi connectivity index (χ0v) is 10.0. The lowest BCUT2D eigenvalue weighted by molar-refractivity contribution is 0.0791. The summed E-state index contributed by atoms with van der Waals surface area (Å²) < 4.78 is 0. The first-order valence-electron chi connectivity index (χ1n) is 6.17. The van der Waals surface area contributed by atoms with E-state index in [0.717, 1.165) is 19.5 Å². The van der Waals surface area contributed by atoms with E-state index in [1.54, 1.807) is 12.4 Å². The van der Waals surface area contributed by atoms with Gasteiger partial charge in [0.05, 0.1) is 11.8 Å². The smallest absolute Gasteiger partial charge is 0.257 e. The van der Waals surface area contributed by atoms with Crippen LogP contribution in [-0.4, -0.2) is 34.1 Å². The lowest BCUT2D eigenvalue weighted by atomic mass is 9.99. The van der Waals surface area contributed by atoms with Crippen LogP contribution in [0.2, 0.25) is 0 Å². The maximum atomic E-state index is 12.2. The van der Waals surface area contributed by atoms with Gasteiger partial charge in [0.2, 0.25) is 0 Å². The minimum absolute atomic E-state index is 0.0715. The Morgan fingerprint density at radius 1 is 1.33 bits per heavy atom. The van der Waals surface area contributed by atoms with Crippen molar-refractivity contribution in [1.82, 2.24) is 15.1 Å². The molecule has 1 unspecified atom stereocenters. The molecule has 1 atom stereocenters. The summed E-state index contributed by atoms with van der Waals surface area (Å²) in [5.74, 6) is 0.532. The molecular formula is C14H15N3O. The van der Waals surface area contributed by atoms with Crippen LogP contribution in [0, 0.1) is 0 Å². The molecule has 1 aliphatic rings. The van der Waals surface area contributed by atoms with Crippen LogP contribution in [-0.2, 0) is 0 Å². The van der Waals surface area contributed by atoms with Crippen LogP contribution in [0.25, 0.3) is 0 Å². The van der Waals surface area contributed by atoms with Gasteiger partial charge in [0.1, 0.15) is 0 Å². The monoisotopic (exact) mass is 241 g/mol. The standard InChI is InChI=1S/C14H15N3O/c18-14(13-8-15-16-9-13)17-7-6-12(10-17)11-4-2-1-3-5-11/h1-5,8-9,12H,6-7,10H2,(H,15,16). The highest BCUT2D eigenvalue weighted by Gasteiger charge is 2.28. The molecule has 1 N–H and O–H groups in total. The molecule has 2 heterocycles. The Morgan fingerprint density at radius 3 is 2.89 bits per heavy atom. The van der Waals surface area contributed by atoms with Crippen LogP contribution in [0.15, 0.2) is 42.7 Å². The van der Waals surface area contributed by atoms with Gasteiger partial charge >= 0.3 is 0 Å². The summed E-state index contributed by atoms with van der Waals surface area (Å²) >= 11 is 0. The van der Waals surface area contributed by atoms with Crippen LogP contribution >= 0.6 is 0 Å². The second kappa shape index (κ2) is 4.64. The van der Waals surface area contributed by atoms with Crippen LogP contribution < -0.4 is 0 Å². The van der Waals surface area contributed by atoms with Gasteiger partial charge in [-0.05, 0) is 12.0 Å². The van der Waals surface area contributed by atoms with Gasteiger partial charge in [0, 0.05) is 25.2 Å². The number of benzene rings is 1. The molecule has 0 saturated carbocycles. The summed E-state index contributed by atoms with van der Waals surface area (Å²) in [6, 6.07) is 10.4. The Bertz CT molecular complexity index is 521. The van der Waals surface area contributed by atoms with Crippen molar-refractivity contribution < 1.29 is 4.79 Å². The molecule has 1 fully saturated rings. The minimum atomic E-state index is 0.0715. The Kier molecular flexibility index (Phi) is 2.84. The average Bonchev–Trinajstić information content (AvgIpc) is 3.10. The van der Waals surface area contributed by atoms with Gasteiger partial charge in [-0.3, -0.25) is 9.89 Å². The summed E-state index contributed by atoms with van der Waals surface area (Å²) in [6.45, 7) is 1.62. The molecular weight excluding hydrogens is 226 g/mol. The van der Waals surface area contributed by atoms with Gasteiger partial charge in [0.15, 0.2) is 0 Å². The molecule has 4 heteroatoms. The number of carbonyl (C=O) groups is 1. The lowest BCUT2D eigenvalue weighted by Crippen LogP contribution is -2.28. The highest BCUT2D eigenvalue weighted by molar-refractivity contribution is 5.93. The number of H-pyrrole nitrogens is 1. The number of hydrogen-bond donors (Lipinski definition) is 1. The zero-order chi connectivity index (χ0) is 12.4. The highest BCUT2D eigenvalue weighted by Crippen LogP contribution is 2.27. The van der Waals surface area contributed by atoms with Gasteiger partial charge in [-0.25, -0.2) is 0 Å². The molecule has 0 bridgehead atoms. The van der Waals surface area contributed by atoms with E-state index in [1.807, 2.05) is 11.0 Å². The van der Waals surface area contributed by atoms with Crippen LogP contribution in [0.4, 0.5) is 0 Å². The molecule has 1 saturated heterocycles. The molecule has 1 amide bonds. The molecule has 18 heavy (non-hydrogen) atoms. The minimum Gasteiger partial charge on any atom is -0.338 e. The molecule has 2 aromatic rings. The Labute approximate surface area is 106 Å². The first-order valence-corrected chi connectivity index (χ1v) is 6.17. The predicted molar refractivity (Wildman–Crippen MR) is 68.3 cm³/mol. The van der Waals surface area contributed by atoms with Crippen LogP contribution in [0.5, 0.6) is 0 Å². The first-order chi connectivity index (χ1) is 8.84. The predicted octanol–water partition coefficient (Wildman–Crippen LogP) is 2.04. The fourth-order valence-electron chi connectivity index (χ4n) is 2.49. The SMILES string of the molecule is O=C(c1cn[nH]c1)N1CCC(c2ccccc2)C1. The van der Waals surface area contributed by atoms with Crippen molar-refractivity contribution in [3.8, 4) is 0 Å². The normalized spacial score (nSPS) is 19.1. The van der Waals surface area contributed by atoms with Crippen molar-refractivity contribution in [3.63, 3.8) is 0 Å². The quantitative estimate of drug-likeness (QED) is 0.874. The number of amides is 1. The second-order valence-corrected chi connectivity index (χ2v) is 4.63. The Hall–Kier alpha value is -2.10. The summed E-state index contributed by atoms with van der Waals surface area (Å²) in [4.78, 5) is 14.1. The molecule has 0 spiro atoms. The van der Waals surface area contributed by atoms with Crippen LogP contribution in [0.1, 0.15) is 28.3 Å². The maximum Gasteiger partial charge on any atom is 0.257 e. The van der Waals surface area contributed by atoms with E-state index in [4.69, 9.17) is 0 Å². The summed E-state index contributed by atoms with van der Waals surface area (Å²) in [5, 5.41) is 6.50. The highest BCUT2D eigenvalue weighted by atomic mass is 16.2. The van der Waals surface area contributed by atoms with E-state index in [-0.39, 0.29) is 5.91 Å². The number of carbonyl (C=O) groups excluding carboxylic acids is 1. The zero-order valence-electron chi connectivity index (χ0n) is 10.0. The number of likely N-dealkylation sites (tertiary alicyclic amines) is 1. The van der Waals surface area contributed by atoms with Crippen LogP contribution in [0.3, 0.4) is 0 Å². The Morgan fingerprint density at radius 2 is 2.17 bits per heavy atom. The molecule has 1 aliphatic heterocycles. The van der Waals surface area contributed by atoms with Gasteiger partial charge in [0.25, 0.3) is 5.91 Å². The molecule has 3 rings (SSSR count). The van der Waals surface area contributed by atoms with Crippen molar-refractivity contribution in [1.29, 1.82) is 0 Å². The van der Waals surface area contributed by atoms with Crippen molar-refractivity contribution >= 4 is 5.91 Å². The lowest BCUT2D eigenvalue weighted by Gasteiger charge is -2.15. The average molecular weight is 241 g/mol. The van der Waals surface area contributed by atoms with Crippen molar-refractivity contribution in [2.75, 3.05) is 13.1 Å². The summed E-state index contributed by atoms with van der Waals surface area (Å²) in [5.41, 5.74) is 1.96. The Balaban J connectivity index is 1.71. The maximum absolute atomic E-state index is 12.2. The number of rotatable bonds is 2. The first kappa shape index (κ1) is 11.0. The third-order valence-corrected chi connectivity index (χ3v) is 3.49. The number of nitrogens with one attached hydrogen (secondary N) is 1. The third-order valence-electron chi connectivity index (χ3n) is 3.49. The summed E-state index contributed by atoms with van der Waals surface area (Å²) in [6.07, 6.45) is 4.27. The van der Waals surface area contributed by atoms with E-state index >= 15 is 0 Å².